The normalized spacial score (nSPS) is 10.5. The second kappa shape index (κ2) is 7.94. The average molecular weight is 352 g/mol. The van der Waals surface area contributed by atoms with Crippen LogP contribution >= 0.6 is 11.3 Å². The van der Waals surface area contributed by atoms with Gasteiger partial charge < -0.3 is 10.1 Å². The van der Waals surface area contributed by atoms with Crippen LogP contribution in [0.25, 0.3) is 10.6 Å². The number of hydrogen-bond donors (Lipinski definition) is 1. The van der Waals surface area contributed by atoms with E-state index in [1.807, 2.05) is 61.5 Å². The number of nitrogens with one attached hydrogen (secondary N) is 1. The number of carbonyl (C=O) groups is 1. The van der Waals surface area contributed by atoms with Crippen LogP contribution in [-0.2, 0) is 6.42 Å². The van der Waals surface area contributed by atoms with Gasteiger partial charge in [0.05, 0.1) is 7.11 Å². The van der Waals surface area contributed by atoms with Crippen LogP contribution in [0.1, 0.15) is 20.9 Å². The molecule has 0 aliphatic rings. The van der Waals surface area contributed by atoms with Crippen LogP contribution in [0.15, 0.2) is 54.6 Å². The van der Waals surface area contributed by atoms with Gasteiger partial charge in [-0.1, -0.05) is 48.5 Å². The van der Waals surface area contributed by atoms with Gasteiger partial charge in [-0.05, 0) is 25.0 Å². The van der Waals surface area contributed by atoms with E-state index in [1.54, 1.807) is 7.11 Å². The molecule has 0 saturated heterocycles. The van der Waals surface area contributed by atoms with Crippen LogP contribution in [0.5, 0.6) is 5.75 Å². The van der Waals surface area contributed by atoms with Crippen LogP contribution < -0.4 is 10.1 Å². The number of rotatable bonds is 6. The van der Waals surface area contributed by atoms with Gasteiger partial charge in [-0.15, -0.1) is 11.3 Å². The number of hydrogen-bond acceptors (Lipinski definition) is 4. The summed E-state index contributed by atoms with van der Waals surface area (Å²) >= 11 is 1.54. The molecule has 2 aromatic carbocycles. The molecule has 3 aromatic rings. The number of ether oxygens (including phenoxy) is 1. The first-order valence-corrected chi connectivity index (χ1v) is 8.93. The largest absolute Gasteiger partial charge is 0.496 e. The fraction of sp³-hybridized carbons (Fsp3) is 0.200. The number of aryl methyl sites for hydroxylation is 1. The van der Waals surface area contributed by atoms with Crippen molar-refractivity contribution in [2.24, 2.45) is 0 Å². The van der Waals surface area contributed by atoms with Gasteiger partial charge in [0.25, 0.3) is 5.91 Å². The molecule has 25 heavy (non-hydrogen) atoms. The zero-order chi connectivity index (χ0) is 17.6. The Morgan fingerprint density at radius 1 is 1.12 bits per heavy atom. The summed E-state index contributed by atoms with van der Waals surface area (Å²) in [6.07, 6.45) is 0.713. The summed E-state index contributed by atoms with van der Waals surface area (Å²) in [5, 5.41) is 3.82. The summed E-state index contributed by atoms with van der Waals surface area (Å²) in [7, 11) is 1.65. The number of benzene rings is 2. The van der Waals surface area contributed by atoms with Gasteiger partial charge in [-0.2, -0.15) is 0 Å². The average Bonchev–Trinajstić information content (AvgIpc) is 3.04. The Hall–Kier alpha value is -2.66. The van der Waals surface area contributed by atoms with E-state index in [0.717, 1.165) is 26.8 Å². The summed E-state index contributed by atoms with van der Waals surface area (Å²) < 4.78 is 5.34. The monoisotopic (exact) mass is 352 g/mol. The van der Waals surface area contributed by atoms with Crippen LogP contribution in [0.4, 0.5) is 0 Å². The fourth-order valence-electron chi connectivity index (χ4n) is 2.62. The molecule has 3 rings (SSSR count). The van der Waals surface area contributed by atoms with Gasteiger partial charge in [-0.3, -0.25) is 4.79 Å². The molecule has 1 amide bonds. The van der Waals surface area contributed by atoms with Gasteiger partial charge in [0.15, 0.2) is 0 Å². The number of methoxy groups -OCH3 is 1. The highest BCUT2D eigenvalue weighted by Crippen LogP contribution is 2.27. The number of aromatic nitrogens is 1. The van der Waals surface area contributed by atoms with Crippen molar-refractivity contribution < 1.29 is 9.53 Å². The number of thiazole rings is 1. The highest BCUT2D eigenvalue weighted by atomic mass is 32.1. The first kappa shape index (κ1) is 17.2. The van der Waals surface area contributed by atoms with Crippen LogP contribution in [0.2, 0.25) is 0 Å². The van der Waals surface area contributed by atoms with E-state index in [9.17, 15) is 4.79 Å². The van der Waals surface area contributed by atoms with Crippen molar-refractivity contribution in [3.05, 3.63) is 70.7 Å². The van der Waals surface area contributed by atoms with Gasteiger partial charge in [-0.25, -0.2) is 4.98 Å². The maximum absolute atomic E-state index is 12.5. The van der Waals surface area contributed by atoms with E-state index >= 15 is 0 Å². The molecule has 0 aliphatic heterocycles. The van der Waals surface area contributed by atoms with E-state index < -0.39 is 0 Å². The first-order chi connectivity index (χ1) is 12.2. The second-order valence-corrected chi connectivity index (χ2v) is 6.81. The molecule has 0 unspecified atom stereocenters. The summed E-state index contributed by atoms with van der Waals surface area (Å²) in [6.45, 7) is 2.47. The summed E-state index contributed by atoms with van der Waals surface area (Å²) in [5.74, 6) is 0.707. The second-order valence-electron chi connectivity index (χ2n) is 5.61. The first-order valence-electron chi connectivity index (χ1n) is 8.12. The molecule has 0 atom stereocenters. The van der Waals surface area contributed by atoms with E-state index in [4.69, 9.17) is 4.74 Å². The van der Waals surface area contributed by atoms with Gasteiger partial charge >= 0.3 is 0 Å². The van der Waals surface area contributed by atoms with Crippen molar-refractivity contribution in [3.63, 3.8) is 0 Å². The molecule has 1 heterocycles. The quantitative estimate of drug-likeness (QED) is 0.727. The molecule has 0 aliphatic carbocycles. The molecule has 0 saturated carbocycles. The molecule has 1 aromatic heterocycles. The van der Waals surface area contributed by atoms with Crippen molar-refractivity contribution in [1.82, 2.24) is 10.3 Å². The number of nitrogens with zero attached hydrogens (tertiary/aromatic N) is 1. The fourth-order valence-corrected chi connectivity index (χ4v) is 3.53. The Labute approximate surface area is 151 Å². The number of amides is 1. The predicted octanol–water partition coefficient (Wildman–Crippen LogP) is 4.10. The van der Waals surface area contributed by atoms with Crippen LogP contribution in [-0.4, -0.2) is 24.5 Å². The highest BCUT2D eigenvalue weighted by molar-refractivity contribution is 7.15. The molecule has 128 valence electrons. The maximum Gasteiger partial charge on any atom is 0.271 e. The van der Waals surface area contributed by atoms with E-state index in [2.05, 4.69) is 10.3 Å². The van der Waals surface area contributed by atoms with Gasteiger partial charge in [0, 0.05) is 17.0 Å². The summed E-state index contributed by atoms with van der Waals surface area (Å²) in [4.78, 5) is 17.9. The Morgan fingerprint density at radius 3 is 2.60 bits per heavy atom. The predicted molar refractivity (Wildman–Crippen MR) is 101 cm³/mol. The molecule has 1 N–H and O–H groups in total. The Kier molecular flexibility index (Phi) is 5.46. The minimum atomic E-state index is -0.133. The third kappa shape index (κ3) is 4.06. The lowest BCUT2D eigenvalue weighted by molar-refractivity contribution is 0.0949. The zero-order valence-corrected chi connectivity index (χ0v) is 15.1. The number of para-hydroxylation sites is 1. The van der Waals surface area contributed by atoms with E-state index in [-0.39, 0.29) is 5.91 Å². The lowest BCUT2D eigenvalue weighted by Gasteiger charge is -2.08. The molecule has 0 spiro atoms. The lowest BCUT2D eigenvalue weighted by atomic mass is 10.1. The molecule has 0 bridgehead atoms. The third-order valence-corrected chi connectivity index (χ3v) is 4.92. The van der Waals surface area contributed by atoms with Crippen LogP contribution in [0.3, 0.4) is 0 Å². The Balaban J connectivity index is 1.65. The van der Waals surface area contributed by atoms with Gasteiger partial charge in [0.1, 0.15) is 16.5 Å². The Morgan fingerprint density at radius 2 is 1.84 bits per heavy atom. The number of carbonyl (C=O) groups excluding carboxylic acids is 1. The molecular formula is C20H20N2O2S. The molecule has 4 nitrogen and oxygen atoms in total. The minimum absolute atomic E-state index is 0.133. The minimum Gasteiger partial charge on any atom is -0.496 e. The van der Waals surface area contributed by atoms with Crippen molar-refractivity contribution in [2.45, 2.75) is 13.3 Å². The standard InChI is InChI=1S/C20H20N2O2S/c1-14-18(22-20(25-14)16-9-4-3-5-10-16)19(23)21-13-12-15-8-6-7-11-17(15)24-2/h3-11H,12-13H2,1-2H3,(H,21,23). The molecule has 5 heteroatoms. The van der Waals surface area contributed by atoms with Crippen molar-refractivity contribution in [2.75, 3.05) is 13.7 Å². The van der Waals surface area contributed by atoms with Crippen LogP contribution in [0, 0.1) is 6.92 Å². The van der Waals surface area contributed by atoms with Crippen molar-refractivity contribution >= 4 is 17.2 Å². The van der Waals surface area contributed by atoms with Crippen molar-refractivity contribution in [3.8, 4) is 16.3 Å². The molecule has 0 radical (unpaired) electrons. The summed E-state index contributed by atoms with van der Waals surface area (Å²) in [6, 6.07) is 17.7. The highest BCUT2D eigenvalue weighted by Gasteiger charge is 2.16. The summed E-state index contributed by atoms with van der Waals surface area (Å²) in [5.41, 5.74) is 2.61. The lowest BCUT2D eigenvalue weighted by Crippen LogP contribution is -2.26. The smallest absolute Gasteiger partial charge is 0.271 e. The SMILES string of the molecule is COc1ccccc1CCNC(=O)c1nc(-c2ccccc2)sc1C. The third-order valence-electron chi connectivity index (χ3n) is 3.90. The molecule has 0 fully saturated rings. The molecular weight excluding hydrogens is 332 g/mol. The topological polar surface area (TPSA) is 51.2 Å². The van der Waals surface area contributed by atoms with E-state index in [0.29, 0.717) is 18.7 Å². The maximum atomic E-state index is 12.5. The van der Waals surface area contributed by atoms with Gasteiger partial charge in [0.2, 0.25) is 0 Å². The zero-order valence-electron chi connectivity index (χ0n) is 14.3. The van der Waals surface area contributed by atoms with Crippen molar-refractivity contribution in [1.29, 1.82) is 0 Å². The van der Waals surface area contributed by atoms with E-state index in [1.165, 1.54) is 11.3 Å². The Bertz CT molecular complexity index is 859.